The smallest absolute Gasteiger partial charge is 0.191 e. The minimum absolute atomic E-state index is 0. The molecule has 1 aromatic rings. The van der Waals surface area contributed by atoms with Gasteiger partial charge in [-0.1, -0.05) is 11.6 Å². The summed E-state index contributed by atoms with van der Waals surface area (Å²) in [5.74, 6) is 1.53. The van der Waals surface area contributed by atoms with Crippen LogP contribution in [0.5, 0.6) is 5.75 Å². The first-order valence-corrected chi connectivity index (χ1v) is 6.88. The molecular formula is C14H23ClIN3O2. The van der Waals surface area contributed by atoms with E-state index >= 15 is 0 Å². The standard InChI is InChI=1S/C14H22ClN3O2.HI/c1-11(10-19-3)18-14(16-2)17-8-9-20-13-6-4-12(15)5-7-13;/h4-7,11H,8-10H2,1-3H3,(H2,16,17,18);1H. The molecule has 5 nitrogen and oxygen atoms in total. The predicted molar refractivity (Wildman–Crippen MR) is 98.2 cm³/mol. The van der Waals surface area contributed by atoms with Crippen molar-refractivity contribution in [2.24, 2.45) is 4.99 Å². The molecule has 2 N–H and O–H groups in total. The third-order valence-electron chi connectivity index (χ3n) is 2.50. The van der Waals surface area contributed by atoms with Crippen molar-refractivity contribution in [3.63, 3.8) is 0 Å². The van der Waals surface area contributed by atoms with Crippen LogP contribution in [0.25, 0.3) is 0 Å². The van der Waals surface area contributed by atoms with E-state index in [1.54, 1.807) is 26.3 Å². The summed E-state index contributed by atoms with van der Waals surface area (Å²) in [7, 11) is 3.41. The van der Waals surface area contributed by atoms with Crippen molar-refractivity contribution in [1.82, 2.24) is 10.6 Å². The molecule has 1 aromatic carbocycles. The van der Waals surface area contributed by atoms with Gasteiger partial charge >= 0.3 is 0 Å². The van der Waals surface area contributed by atoms with Crippen LogP contribution >= 0.6 is 35.6 Å². The van der Waals surface area contributed by atoms with Crippen LogP contribution < -0.4 is 15.4 Å². The summed E-state index contributed by atoms with van der Waals surface area (Å²) in [6.45, 7) is 3.85. The fourth-order valence-corrected chi connectivity index (χ4v) is 1.71. The number of nitrogens with one attached hydrogen (secondary N) is 2. The Kier molecular flexibility index (Phi) is 11.5. The molecule has 1 rings (SSSR count). The Bertz CT molecular complexity index is 415. The molecule has 120 valence electrons. The largest absolute Gasteiger partial charge is 0.492 e. The number of rotatable bonds is 7. The van der Waals surface area contributed by atoms with Crippen LogP contribution in [0.2, 0.25) is 5.02 Å². The Morgan fingerprint density at radius 2 is 2.00 bits per heavy atom. The number of aliphatic imine (C=N–C) groups is 1. The molecule has 0 amide bonds. The minimum atomic E-state index is 0. The summed E-state index contributed by atoms with van der Waals surface area (Å²) in [6, 6.07) is 7.49. The number of hydrogen-bond acceptors (Lipinski definition) is 3. The normalized spacial score (nSPS) is 12.3. The maximum absolute atomic E-state index is 5.81. The van der Waals surface area contributed by atoms with Crippen molar-refractivity contribution in [3.8, 4) is 5.75 Å². The van der Waals surface area contributed by atoms with Gasteiger partial charge in [-0.05, 0) is 31.2 Å². The number of guanidine groups is 1. The first kappa shape index (κ1) is 20.3. The van der Waals surface area contributed by atoms with Crippen molar-refractivity contribution in [3.05, 3.63) is 29.3 Å². The zero-order chi connectivity index (χ0) is 14.8. The lowest BCUT2D eigenvalue weighted by atomic mass is 10.3. The second-order valence-electron chi connectivity index (χ2n) is 4.30. The molecule has 0 aliphatic carbocycles. The lowest BCUT2D eigenvalue weighted by molar-refractivity contribution is 0.179. The summed E-state index contributed by atoms with van der Waals surface area (Å²) in [5.41, 5.74) is 0. The number of methoxy groups -OCH3 is 1. The molecule has 0 spiro atoms. The van der Waals surface area contributed by atoms with E-state index in [9.17, 15) is 0 Å². The number of halogens is 2. The van der Waals surface area contributed by atoms with E-state index < -0.39 is 0 Å². The zero-order valence-electron chi connectivity index (χ0n) is 12.6. The number of hydrogen-bond donors (Lipinski definition) is 2. The third-order valence-corrected chi connectivity index (χ3v) is 2.75. The fraction of sp³-hybridized carbons (Fsp3) is 0.500. The van der Waals surface area contributed by atoms with Gasteiger partial charge < -0.3 is 20.1 Å². The lowest BCUT2D eigenvalue weighted by Gasteiger charge is -2.17. The van der Waals surface area contributed by atoms with Gasteiger partial charge in [0.25, 0.3) is 0 Å². The summed E-state index contributed by atoms with van der Waals surface area (Å²) >= 11 is 5.81. The zero-order valence-corrected chi connectivity index (χ0v) is 15.6. The van der Waals surface area contributed by atoms with E-state index in [0.29, 0.717) is 24.8 Å². The van der Waals surface area contributed by atoms with Crippen LogP contribution in [0.15, 0.2) is 29.3 Å². The van der Waals surface area contributed by atoms with Crippen LogP contribution in [-0.4, -0.2) is 45.9 Å². The Morgan fingerprint density at radius 1 is 1.33 bits per heavy atom. The summed E-state index contributed by atoms with van der Waals surface area (Å²) in [5, 5.41) is 7.09. The van der Waals surface area contributed by atoms with Gasteiger partial charge in [0.1, 0.15) is 12.4 Å². The minimum Gasteiger partial charge on any atom is -0.492 e. The molecule has 0 bridgehead atoms. The van der Waals surface area contributed by atoms with Gasteiger partial charge in [-0.15, -0.1) is 24.0 Å². The molecule has 1 unspecified atom stereocenters. The molecule has 0 aromatic heterocycles. The van der Waals surface area contributed by atoms with Crippen molar-refractivity contribution in [2.45, 2.75) is 13.0 Å². The second-order valence-corrected chi connectivity index (χ2v) is 4.74. The molecule has 21 heavy (non-hydrogen) atoms. The van der Waals surface area contributed by atoms with E-state index in [4.69, 9.17) is 21.1 Å². The van der Waals surface area contributed by atoms with Crippen molar-refractivity contribution in [2.75, 3.05) is 33.9 Å². The van der Waals surface area contributed by atoms with E-state index in [0.717, 1.165) is 11.7 Å². The molecule has 0 saturated carbocycles. The highest BCUT2D eigenvalue weighted by atomic mass is 127. The topological polar surface area (TPSA) is 54.9 Å². The van der Waals surface area contributed by atoms with Crippen molar-refractivity contribution in [1.29, 1.82) is 0 Å². The van der Waals surface area contributed by atoms with E-state index in [1.165, 1.54) is 0 Å². The van der Waals surface area contributed by atoms with Crippen molar-refractivity contribution < 1.29 is 9.47 Å². The number of ether oxygens (including phenoxy) is 2. The number of benzene rings is 1. The summed E-state index contributed by atoms with van der Waals surface area (Å²) < 4.78 is 10.6. The highest BCUT2D eigenvalue weighted by molar-refractivity contribution is 14.0. The van der Waals surface area contributed by atoms with Crippen LogP contribution in [0.1, 0.15) is 6.92 Å². The SMILES string of the molecule is CN=C(NCCOc1ccc(Cl)cc1)NC(C)COC.I. The molecule has 0 radical (unpaired) electrons. The summed E-state index contributed by atoms with van der Waals surface area (Å²) in [6.07, 6.45) is 0. The van der Waals surface area contributed by atoms with E-state index in [2.05, 4.69) is 15.6 Å². The molecule has 0 aliphatic rings. The Hall–Kier alpha value is -0.730. The lowest BCUT2D eigenvalue weighted by Crippen LogP contribution is -2.45. The molecule has 0 fully saturated rings. The first-order chi connectivity index (χ1) is 9.65. The molecule has 0 heterocycles. The molecule has 7 heteroatoms. The van der Waals surface area contributed by atoms with Gasteiger partial charge in [0.2, 0.25) is 0 Å². The summed E-state index contributed by atoms with van der Waals surface area (Å²) in [4.78, 5) is 4.13. The molecule has 0 saturated heterocycles. The van der Waals surface area contributed by atoms with Crippen LogP contribution in [0.3, 0.4) is 0 Å². The van der Waals surface area contributed by atoms with Gasteiger partial charge in [0, 0.05) is 25.2 Å². The third kappa shape index (κ3) is 9.00. The highest BCUT2D eigenvalue weighted by Gasteiger charge is 2.03. The van der Waals surface area contributed by atoms with E-state index in [-0.39, 0.29) is 30.0 Å². The van der Waals surface area contributed by atoms with Gasteiger partial charge in [-0.3, -0.25) is 4.99 Å². The molecule has 0 aliphatic heterocycles. The Morgan fingerprint density at radius 3 is 2.57 bits per heavy atom. The van der Waals surface area contributed by atoms with Gasteiger partial charge in [-0.25, -0.2) is 0 Å². The predicted octanol–water partition coefficient (Wildman–Crippen LogP) is 2.54. The monoisotopic (exact) mass is 427 g/mol. The van der Waals surface area contributed by atoms with Crippen molar-refractivity contribution >= 4 is 41.5 Å². The van der Waals surface area contributed by atoms with Crippen LogP contribution in [0, 0.1) is 0 Å². The van der Waals surface area contributed by atoms with Gasteiger partial charge in [0.05, 0.1) is 13.2 Å². The maximum atomic E-state index is 5.81. The Labute approximate surface area is 148 Å². The average molecular weight is 428 g/mol. The fourth-order valence-electron chi connectivity index (χ4n) is 1.59. The van der Waals surface area contributed by atoms with Crippen LogP contribution in [0.4, 0.5) is 0 Å². The number of nitrogens with zero attached hydrogens (tertiary/aromatic N) is 1. The highest BCUT2D eigenvalue weighted by Crippen LogP contribution is 2.14. The van der Waals surface area contributed by atoms with Crippen LogP contribution in [-0.2, 0) is 4.74 Å². The second kappa shape index (κ2) is 11.9. The molecular weight excluding hydrogens is 405 g/mol. The van der Waals surface area contributed by atoms with Gasteiger partial charge in [-0.2, -0.15) is 0 Å². The quantitative estimate of drug-likeness (QED) is 0.304. The van der Waals surface area contributed by atoms with E-state index in [1.807, 2.05) is 19.1 Å². The first-order valence-electron chi connectivity index (χ1n) is 6.50. The average Bonchev–Trinajstić information content (AvgIpc) is 2.44. The maximum Gasteiger partial charge on any atom is 0.191 e. The Balaban J connectivity index is 0.00000400. The molecule has 1 atom stereocenters. The van der Waals surface area contributed by atoms with Gasteiger partial charge in [0.15, 0.2) is 5.96 Å².